The highest BCUT2D eigenvalue weighted by Crippen LogP contribution is 2.26. The maximum Gasteiger partial charge on any atom is 0.225 e. The highest BCUT2D eigenvalue weighted by Gasteiger charge is 2.12. The molecule has 2 aromatic rings. The zero-order chi connectivity index (χ0) is 15.1. The fourth-order valence-electron chi connectivity index (χ4n) is 1.91. The highest BCUT2D eigenvalue weighted by atomic mass is 32.1. The average molecular weight is 309 g/mol. The van der Waals surface area contributed by atoms with Crippen molar-refractivity contribution in [2.45, 2.75) is 19.4 Å². The average Bonchev–Trinajstić information content (AvgIpc) is 3.10. The molecule has 0 aliphatic carbocycles. The molecule has 2 aromatic heterocycles. The summed E-state index contributed by atoms with van der Waals surface area (Å²) in [5.41, 5.74) is 0.797. The lowest BCUT2D eigenvalue weighted by Crippen LogP contribution is -2.16. The number of anilines is 1. The van der Waals surface area contributed by atoms with Gasteiger partial charge >= 0.3 is 0 Å². The second-order valence-corrected chi connectivity index (χ2v) is 5.43. The van der Waals surface area contributed by atoms with Crippen LogP contribution < -0.4 is 5.32 Å². The molecule has 0 bridgehead atoms. The van der Waals surface area contributed by atoms with E-state index < -0.39 is 0 Å². The van der Waals surface area contributed by atoms with Gasteiger partial charge in [-0.25, -0.2) is 4.68 Å². The topological polar surface area (TPSA) is 76.4 Å². The van der Waals surface area contributed by atoms with Crippen molar-refractivity contribution in [2.75, 3.05) is 25.6 Å². The third-order valence-electron chi connectivity index (χ3n) is 2.89. The number of aliphatic hydroxyl groups excluding tert-OH is 1. The van der Waals surface area contributed by atoms with Crippen LogP contribution in [-0.2, 0) is 16.1 Å². The predicted molar refractivity (Wildman–Crippen MR) is 82.4 cm³/mol. The standard InChI is InChI=1S/C14H19N3O3S/c1-20-8-2-5-14(19)15-13-10-11(12-4-3-9-21-12)16-17(13)6-7-18/h3-4,9-10,18H,2,5-8H2,1H3,(H,15,19). The van der Waals surface area contributed by atoms with Crippen molar-refractivity contribution >= 4 is 23.1 Å². The van der Waals surface area contributed by atoms with E-state index in [-0.39, 0.29) is 12.5 Å². The van der Waals surface area contributed by atoms with Crippen LogP contribution in [0, 0.1) is 0 Å². The number of thiophene rings is 1. The van der Waals surface area contributed by atoms with E-state index in [4.69, 9.17) is 9.84 Å². The van der Waals surface area contributed by atoms with Gasteiger partial charge in [0, 0.05) is 26.2 Å². The summed E-state index contributed by atoms with van der Waals surface area (Å²) in [6.45, 7) is 0.876. The SMILES string of the molecule is COCCCC(=O)Nc1cc(-c2cccs2)nn1CCO. The van der Waals surface area contributed by atoms with Crippen LogP contribution in [-0.4, -0.2) is 41.1 Å². The Morgan fingerprint density at radius 1 is 1.57 bits per heavy atom. The van der Waals surface area contributed by atoms with Crippen LogP contribution >= 0.6 is 11.3 Å². The first kappa shape index (κ1) is 15.7. The van der Waals surface area contributed by atoms with Crippen LogP contribution in [0.3, 0.4) is 0 Å². The molecule has 21 heavy (non-hydrogen) atoms. The predicted octanol–water partition coefficient (Wildman–Crippen LogP) is 1.97. The molecule has 0 spiro atoms. The summed E-state index contributed by atoms with van der Waals surface area (Å²) in [5.74, 6) is 0.527. The van der Waals surface area contributed by atoms with E-state index in [1.165, 1.54) is 0 Å². The van der Waals surface area contributed by atoms with Crippen LogP contribution in [0.4, 0.5) is 5.82 Å². The fourth-order valence-corrected chi connectivity index (χ4v) is 2.59. The van der Waals surface area contributed by atoms with Gasteiger partial charge in [0.2, 0.25) is 5.91 Å². The summed E-state index contributed by atoms with van der Waals surface area (Å²) in [5, 5.41) is 18.3. The lowest BCUT2D eigenvalue weighted by molar-refractivity contribution is -0.116. The molecule has 0 saturated carbocycles. The van der Waals surface area contributed by atoms with E-state index in [9.17, 15) is 4.79 Å². The number of methoxy groups -OCH3 is 1. The van der Waals surface area contributed by atoms with Gasteiger partial charge < -0.3 is 15.2 Å². The number of ether oxygens (including phenoxy) is 1. The lowest BCUT2D eigenvalue weighted by atomic mass is 10.3. The van der Waals surface area contributed by atoms with Crippen LogP contribution in [0.25, 0.3) is 10.6 Å². The smallest absolute Gasteiger partial charge is 0.225 e. The number of rotatable bonds is 8. The Morgan fingerprint density at radius 3 is 3.10 bits per heavy atom. The molecule has 1 amide bonds. The molecule has 2 heterocycles. The Morgan fingerprint density at radius 2 is 2.43 bits per heavy atom. The molecule has 0 unspecified atom stereocenters. The Kier molecular flexibility index (Phi) is 5.91. The molecule has 0 atom stereocenters. The first-order chi connectivity index (χ1) is 10.2. The molecule has 2 N–H and O–H groups in total. The minimum atomic E-state index is -0.0798. The fraction of sp³-hybridized carbons (Fsp3) is 0.429. The molecule has 0 radical (unpaired) electrons. The molecular weight excluding hydrogens is 290 g/mol. The first-order valence-corrected chi connectivity index (χ1v) is 7.64. The minimum absolute atomic E-state index is 0.0297. The van der Waals surface area contributed by atoms with Crippen molar-refractivity contribution in [3.05, 3.63) is 23.6 Å². The maximum absolute atomic E-state index is 11.9. The van der Waals surface area contributed by atoms with Crippen molar-refractivity contribution in [3.8, 4) is 10.6 Å². The van der Waals surface area contributed by atoms with Gasteiger partial charge in [-0.2, -0.15) is 5.10 Å². The Hall–Kier alpha value is -1.70. The van der Waals surface area contributed by atoms with E-state index in [0.717, 1.165) is 10.6 Å². The van der Waals surface area contributed by atoms with Crippen LogP contribution in [0.5, 0.6) is 0 Å². The molecule has 0 fully saturated rings. The van der Waals surface area contributed by atoms with Crippen LogP contribution in [0.1, 0.15) is 12.8 Å². The van der Waals surface area contributed by atoms with E-state index in [2.05, 4.69) is 10.4 Å². The number of nitrogens with one attached hydrogen (secondary N) is 1. The van der Waals surface area contributed by atoms with Gasteiger partial charge in [-0.15, -0.1) is 11.3 Å². The van der Waals surface area contributed by atoms with Crippen LogP contribution in [0.2, 0.25) is 0 Å². The number of hydrogen-bond donors (Lipinski definition) is 2. The third-order valence-corrected chi connectivity index (χ3v) is 3.78. The van der Waals surface area contributed by atoms with Gasteiger partial charge in [0.05, 0.1) is 18.0 Å². The number of aliphatic hydroxyl groups is 1. The van der Waals surface area contributed by atoms with E-state index >= 15 is 0 Å². The highest BCUT2D eigenvalue weighted by molar-refractivity contribution is 7.13. The maximum atomic E-state index is 11.9. The summed E-state index contributed by atoms with van der Waals surface area (Å²) in [4.78, 5) is 12.9. The van der Waals surface area contributed by atoms with Gasteiger partial charge in [0.15, 0.2) is 0 Å². The van der Waals surface area contributed by atoms with Crippen molar-refractivity contribution < 1.29 is 14.6 Å². The summed E-state index contributed by atoms with van der Waals surface area (Å²) >= 11 is 1.58. The Balaban J connectivity index is 2.08. The van der Waals surface area contributed by atoms with Gasteiger partial charge in [-0.05, 0) is 17.9 Å². The first-order valence-electron chi connectivity index (χ1n) is 6.76. The summed E-state index contributed by atoms with van der Waals surface area (Å²) < 4.78 is 6.54. The normalized spacial score (nSPS) is 10.8. The van der Waals surface area contributed by atoms with E-state index in [0.29, 0.717) is 31.8 Å². The molecule has 0 saturated heterocycles. The molecule has 0 aliphatic heterocycles. The van der Waals surface area contributed by atoms with Crippen molar-refractivity contribution in [1.29, 1.82) is 0 Å². The molecule has 0 aliphatic rings. The summed E-state index contributed by atoms with van der Waals surface area (Å²) in [6.07, 6.45) is 1.07. The molecule has 0 aromatic carbocycles. The van der Waals surface area contributed by atoms with Gasteiger partial charge in [0.25, 0.3) is 0 Å². The number of nitrogens with zero attached hydrogens (tertiary/aromatic N) is 2. The minimum Gasteiger partial charge on any atom is -0.394 e. The Labute approximate surface area is 127 Å². The number of carbonyl (C=O) groups is 1. The van der Waals surface area contributed by atoms with Crippen molar-refractivity contribution in [1.82, 2.24) is 9.78 Å². The third kappa shape index (κ3) is 4.38. The van der Waals surface area contributed by atoms with Crippen LogP contribution in [0.15, 0.2) is 23.6 Å². The van der Waals surface area contributed by atoms with Gasteiger partial charge in [-0.3, -0.25) is 4.79 Å². The molecule has 7 heteroatoms. The quantitative estimate of drug-likeness (QED) is 0.731. The van der Waals surface area contributed by atoms with E-state index in [1.54, 1.807) is 23.1 Å². The number of aromatic nitrogens is 2. The zero-order valence-corrected chi connectivity index (χ0v) is 12.7. The molecule has 6 nitrogen and oxygen atoms in total. The molecular formula is C14H19N3O3S. The number of amides is 1. The monoisotopic (exact) mass is 309 g/mol. The number of hydrogen-bond acceptors (Lipinski definition) is 5. The lowest BCUT2D eigenvalue weighted by Gasteiger charge is -2.07. The zero-order valence-electron chi connectivity index (χ0n) is 11.9. The summed E-state index contributed by atoms with van der Waals surface area (Å²) in [7, 11) is 1.61. The van der Waals surface area contributed by atoms with E-state index in [1.807, 2.05) is 23.6 Å². The van der Waals surface area contributed by atoms with Crippen molar-refractivity contribution in [3.63, 3.8) is 0 Å². The number of carbonyl (C=O) groups excluding carboxylic acids is 1. The second kappa shape index (κ2) is 7.92. The Bertz CT molecular complexity index is 566. The van der Waals surface area contributed by atoms with Crippen molar-refractivity contribution in [2.24, 2.45) is 0 Å². The largest absolute Gasteiger partial charge is 0.394 e. The molecule has 2 rings (SSSR count). The molecule has 114 valence electrons. The van der Waals surface area contributed by atoms with Gasteiger partial charge in [-0.1, -0.05) is 6.07 Å². The summed E-state index contributed by atoms with van der Waals surface area (Å²) in [6, 6.07) is 5.75. The second-order valence-electron chi connectivity index (χ2n) is 4.48. The van der Waals surface area contributed by atoms with Gasteiger partial charge in [0.1, 0.15) is 11.5 Å².